The molecule has 0 aromatic heterocycles. The van der Waals surface area contributed by atoms with Crippen molar-refractivity contribution in [2.75, 3.05) is 7.11 Å². The largest absolute Gasteiger partial charge is 0.466 e. The smallest absolute Gasteiger partial charge is 0.330 e. The number of carbonyl (C=O) groups excluding carboxylic acids is 2. The maximum atomic E-state index is 14.1. The predicted molar refractivity (Wildman–Crippen MR) is 112 cm³/mol. The van der Waals surface area contributed by atoms with Gasteiger partial charge >= 0.3 is 5.97 Å². The predicted octanol–water partition coefficient (Wildman–Crippen LogP) is 4.82. The lowest BCUT2D eigenvalue weighted by Crippen LogP contribution is -2.48. The minimum Gasteiger partial charge on any atom is -0.466 e. The van der Waals surface area contributed by atoms with E-state index in [0.29, 0.717) is 11.1 Å². The summed E-state index contributed by atoms with van der Waals surface area (Å²) in [6, 6.07) is 4.34. The van der Waals surface area contributed by atoms with E-state index in [1.165, 1.54) is 49.6 Å². The molecular weight excluding hydrogens is 395 g/mol. The van der Waals surface area contributed by atoms with Crippen molar-refractivity contribution in [3.05, 3.63) is 76.1 Å². The molecule has 1 N–H and O–H groups in total. The molecule has 1 atom stereocenters. The first-order valence-electron chi connectivity index (χ1n) is 9.05. The number of carbonyl (C=O) groups is 2. The Morgan fingerprint density at radius 1 is 1.31 bits per heavy atom. The number of esters is 1. The van der Waals surface area contributed by atoms with Crippen LogP contribution in [0.1, 0.15) is 32.8 Å². The number of hydrogen-bond donors (Lipinski definition) is 1. The number of allylic oxidation sites excluding steroid dienone is 3. The van der Waals surface area contributed by atoms with Crippen LogP contribution in [0.15, 0.2) is 59.7 Å². The molecule has 2 rings (SSSR count). The van der Waals surface area contributed by atoms with Crippen molar-refractivity contribution in [3.8, 4) is 0 Å². The number of halogens is 2. The molecule has 0 unspecified atom stereocenters. The Labute approximate surface area is 175 Å². The van der Waals surface area contributed by atoms with Gasteiger partial charge < -0.3 is 9.84 Å². The zero-order chi connectivity index (χ0) is 21.8. The Balaban J connectivity index is 2.49. The normalized spacial score (nSPS) is 22.2. The summed E-state index contributed by atoms with van der Waals surface area (Å²) < 4.78 is 18.7. The van der Waals surface area contributed by atoms with Crippen LogP contribution >= 0.6 is 11.6 Å². The maximum absolute atomic E-state index is 14.1. The van der Waals surface area contributed by atoms with Gasteiger partial charge in [0, 0.05) is 23.5 Å². The van der Waals surface area contributed by atoms with Crippen LogP contribution in [0.3, 0.4) is 0 Å². The van der Waals surface area contributed by atoms with Gasteiger partial charge in [-0.3, -0.25) is 4.79 Å². The molecule has 1 aromatic carbocycles. The quantitative estimate of drug-likeness (QED) is 0.423. The SMILES string of the molecule is COC(=O)/C=C(C)\C=C\[C@@]1(O)C(/C=C/c2c(F)cccc2Cl)=CC(=O)CC1(C)C. The third-order valence-electron chi connectivity index (χ3n) is 4.97. The van der Waals surface area contributed by atoms with E-state index in [1.807, 2.05) is 0 Å². The highest BCUT2D eigenvalue weighted by Gasteiger charge is 2.47. The molecule has 0 fully saturated rings. The molecule has 0 bridgehead atoms. The molecule has 0 heterocycles. The second-order valence-electron chi connectivity index (χ2n) is 7.61. The van der Waals surface area contributed by atoms with Crippen molar-refractivity contribution in [3.63, 3.8) is 0 Å². The van der Waals surface area contributed by atoms with Crippen molar-refractivity contribution in [2.45, 2.75) is 32.8 Å². The lowest BCUT2D eigenvalue weighted by Gasteiger charge is -2.44. The van der Waals surface area contributed by atoms with E-state index in [9.17, 15) is 19.1 Å². The number of aliphatic hydroxyl groups is 1. The topological polar surface area (TPSA) is 63.6 Å². The van der Waals surface area contributed by atoms with Crippen LogP contribution in [-0.4, -0.2) is 29.6 Å². The first-order valence-corrected chi connectivity index (χ1v) is 9.43. The highest BCUT2D eigenvalue weighted by atomic mass is 35.5. The molecule has 1 aliphatic rings. The summed E-state index contributed by atoms with van der Waals surface area (Å²) in [5.74, 6) is -1.16. The van der Waals surface area contributed by atoms with Gasteiger partial charge in [0.05, 0.1) is 12.1 Å². The zero-order valence-electron chi connectivity index (χ0n) is 16.8. The molecule has 0 spiro atoms. The van der Waals surface area contributed by atoms with E-state index >= 15 is 0 Å². The summed E-state index contributed by atoms with van der Waals surface area (Å²) >= 11 is 6.06. The van der Waals surface area contributed by atoms with Crippen molar-refractivity contribution in [1.29, 1.82) is 0 Å². The Morgan fingerprint density at radius 3 is 2.62 bits per heavy atom. The maximum Gasteiger partial charge on any atom is 0.330 e. The van der Waals surface area contributed by atoms with Gasteiger partial charge in [0.15, 0.2) is 5.78 Å². The van der Waals surface area contributed by atoms with Crippen LogP contribution in [0.25, 0.3) is 6.08 Å². The number of hydrogen-bond acceptors (Lipinski definition) is 4. The third-order valence-corrected chi connectivity index (χ3v) is 5.30. The van der Waals surface area contributed by atoms with Crippen LogP contribution in [0.4, 0.5) is 4.39 Å². The number of rotatable bonds is 5. The number of benzene rings is 1. The van der Waals surface area contributed by atoms with Crippen molar-refractivity contribution < 1.29 is 23.8 Å². The summed E-state index contributed by atoms with van der Waals surface area (Å²) in [4.78, 5) is 23.6. The average molecular weight is 419 g/mol. The summed E-state index contributed by atoms with van der Waals surface area (Å²) in [6.07, 6.45) is 8.82. The first-order chi connectivity index (χ1) is 13.5. The van der Waals surface area contributed by atoms with Gasteiger partial charge in [0.1, 0.15) is 11.4 Å². The van der Waals surface area contributed by atoms with Crippen molar-refractivity contribution in [2.24, 2.45) is 5.41 Å². The highest BCUT2D eigenvalue weighted by Crippen LogP contribution is 2.45. The van der Waals surface area contributed by atoms with Crippen LogP contribution in [0.5, 0.6) is 0 Å². The van der Waals surface area contributed by atoms with Crippen LogP contribution in [0.2, 0.25) is 5.02 Å². The minimum atomic E-state index is -1.53. The summed E-state index contributed by atoms with van der Waals surface area (Å²) in [6.45, 7) is 5.23. The van der Waals surface area contributed by atoms with E-state index in [0.717, 1.165) is 0 Å². The molecule has 6 heteroatoms. The Kier molecular flexibility index (Phi) is 6.98. The Hall–Kier alpha value is -2.50. The van der Waals surface area contributed by atoms with Gasteiger partial charge in [-0.2, -0.15) is 0 Å². The molecule has 0 saturated carbocycles. The molecule has 0 saturated heterocycles. The lowest BCUT2D eigenvalue weighted by molar-refractivity contribution is -0.134. The molecule has 29 heavy (non-hydrogen) atoms. The fourth-order valence-electron chi connectivity index (χ4n) is 3.18. The molecule has 4 nitrogen and oxygen atoms in total. The van der Waals surface area contributed by atoms with Crippen LogP contribution in [-0.2, 0) is 14.3 Å². The van der Waals surface area contributed by atoms with Gasteiger partial charge in [-0.05, 0) is 42.4 Å². The van der Waals surface area contributed by atoms with E-state index in [-0.39, 0.29) is 22.8 Å². The Morgan fingerprint density at radius 2 is 2.00 bits per heavy atom. The summed E-state index contributed by atoms with van der Waals surface area (Å²) in [7, 11) is 1.28. The van der Waals surface area contributed by atoms with Crippen molar-refractivity contribution >= 4 is 29.4 Å². The van der Waals surface area contributed by atoms with Gasteiger partial charge in [-0.1, -0.05) is 49.7 Å². The lowest BCUT2D eigenvalue weighted by atomic mass is 9.64. The fourth-order valence-corrected chi connectivity index (χ4v) is 3.41. The molecule has 1 aromatic rings. The average Bonchev–Trinajstić information content (AvgIpc) is 2.63. The zero-order valence-corrected chi connectivity index (χ0v) is 17.6. The van der Waals surface area contributed by atoms with E-state index in [4.69, 9.17) is 11.6 Å². The van der Waals surface area contributed by atoms with E-state index < -0.39 is 22.8 Å². The molecule has 0 amide bonds. The first kappa shape index (κ1) is 22.8. The van der Waals surface area contributed by atoms with Crippen LogP contribution in [0, 0.1) is 11.2 Å². The highest BCUT2D eigenvalue weighted by molar-refractivity contribution is 6.32. The number of methoxy groups -OCH3 is 1. The van der Waals surface area contributed by atoms with Crippen molar-refractivity contribution in [1.82, 2.24) is 0 Å². The number of ketones is 1. The monoisotopic (exact) mass is 418 g/mol. The minimum absolute atomic E-state index is 0.130. The van der Waals surface area contributed by atoms with Gasteiger partial charge in [0.25, 0.3) is 0 Å². The summed E-state index contributed by atoms with van der Waals surface area (Å²) in [5, 5.41) is 11.7. The van der Waals surface area contributed by atoms with Crippen LogP contribution < -0.4 is 0 Å². The van der Waals surface area contributed by atoms with Gasteiger partial charge in [0.2, 0.25) is 0 Å². The van der Waals surface area contributed by atoms with E-state index in [2.05, 4.69) is 4.74 Å². The molecule has 0 aliphatic heterocycles. The van der Waals surface area contributed by atoms with Gasteiger partial charge in [-0.15, -0.1) is 0 Å². The molecular formula is C23H24ClFO4. The molecule has 154 valence electrons. The molecule has 0 radical (unpaired) electrons. The van der Waals surface area contributed by atoms with Gasteiger partial charge in [-0.25, -0.2) is 9.18 Å². The fraction of sp³-hybridized carbons (Fsp3) is 0.304. The second-order valence-corrected chi connectivity index (χ2v) is 8.01. The number of ether oxygens (including phenoxy) is 1. The van der Waals surface area contributed by atoms with E-state index in [1.54, 1.807) is 32.9 Å². The standard InChI is InChI=1S/C23H24ClFO4/c1-15(12-21(27)29-4)10-11-23(28)16(13-17(26)14-22(23,2)3)8-9-18-19(24)6-5-7-20(18)25/h5-13,28H,14H2,1-4H3/b9-8+,11-10+,15-12-/t23-/m1/s1. The third kappa shape index (κ3) is 5.11. The molecule has 1 aliphatic carbocycles. The second kappa shape index (κ2) is 8.89. The Bertz CT molecular complexity index is 920. The summed E-state index contributed by atoms with van der Waals surface area (Å²) in [5.41, 5.74) is -1.32.